The summed E-state index contributed by atoms with van der Waals surface area (Å²) in [4.78, 5) is 13.8. The normalized spacial score (nSPS) is 27.5. The van der Waals surface area contributed by atoms with E-state index in [1.54, 1.807) is 0 Å². The van der Waals surface area contributed by atoms with Gasteiger partial charge in [0.05, 0.1) is 0 Å². The summed E-state index contributed by atoms with van der Waals surface area (Å²) in [7, 11) is 0. The fourth-order valence-electron chi connectivity index (χ4n) is 3.01. The molecule has 3 rings (SSSR count). The summed E-state index contributed by atoms with van der Waals surface area (Å²) >= 11 is 0. The van der Waals surface area contributed by atoms with Crippen LogP contribution in [0.3, 0.4) is 0 Å². The van der Waals surface area contributed by atoms with E-state index in [0.717, 1.165) is 19.5 Å². The van der Waals surface area contributed by atoms with Gasteiger partial charge in [-0.2, -0.15) is 0 Å². The van der Waals surface area contributed by atoms with Crippen molar-refractivity contribution in [3.63, 3.8) is 0 Å². The first-order valence-corrected chi connectivity index (χ1v) is 6.41. The van der Waals surface area contributed by atoms with Crippen molar-refractivity contribution < 1.29 is 4.79 Å². The Morgan fingerprint density at radius 1 is 1.29 bits per heavy atom. The Morgan fingerprint density at radius 2 is 2.12 bits per heavy atom. The fraction of sp³-hybridized carbons (Fsp3) is 0.500. The van der Waals surface area contributed by atoms with Crippen LogP contribution in [-0.2, 0) is 11.3 Å². The maximum absolute atomic E-state index is 11.8. The van der Waals surface area contributed by atoms with Crippen LogP contribution in [0.1, 0.15) is 24.8 Å². The number of rotatable bonds is 3. The van der Waals surface area contributed by atoms with Crippen molar-refractivity contribution in [1.82, 2.24) is 10.2 Å². The molecule has 90 valence electrons. The summed E-state index contributed by atoms with van der Waals surface area (Å²) in [6.45, 7) is 1.83. The van der Waals surface area contributed by atoms with Crippen molar-refractivity contribution in [2.24, 2.45) is 0 Å². The maximum atomic E-state index is 11.8. The lowest BCUT2D eigenvalue weighted by atomic mass is 10.1. The highest BCUT2D eigenvalue weighted by molar-refractivity contribution is 5.80. The maximum Gasteiger partial charge on any atom is 0.224 e. The molecule has 3 heteroatoms. The Morgan fingerprint density at radius 3 is 2.94 bits per heavy atom. The molecule has 17 heavy (non-hydrogen) atoms. The molecule has 2 aliphatic rings. The van der Waals surface area contributed by atoms with Crippen molar-refractivity contribution in [2.75, 3.05) is 6.54 Å². The van der Waals surface area contributed by atoms with Gasteiger partial charge in [-0.15, -0.1) is 0 Å². The number of amides is 1. The van der Waals surface area contributed by atoms with Crippen molar-refractivity contribution in [2.45, 2.75) is 37.9 Å². The third-order valence-electron chi connectivity index (χ3n) is 3.89. The number of hydrogen-bond acceptors (Lipinski definition) is 2. The number of nitrogens with zero attached hydrogens (tertiary/aromatic N) is 1. The third kappa shape index (κ3) is 2.07. The van der Waals surface area contributed by atoms with Crippen LogP contribution in [0.5, 0.6) is 0 Å². The quantitative estimate of drug-likeness (QED) is 0.854. The number of carbonyl (C=O) groups excluding carboxylic acids is 1. The molecule has 1 aromatic rings. The minimum absolute atomic E-state index is 0.332. The summed E-state index contributed by atoms with van der Waals surface area (Å²) in [6.07, 6.45) is 3.01. The summed E-state index contributed by atoms with van der Waals surface area (Å²) in [5.74, 6) is 0.332. The van der Waals surface area contributed by atoms with Gasteiger partial charge >= 0.3 is 0 Å². The smallest absolute Gasteiger partial charge is 0.224 e. The zero-order valence-corrected chi connectivity index (χ0v) is 9.93. The van der Waals surface area contributed by atoms with Crippen LogP contribution >= 0.6 is 0 Å². The Bertz CT molecular complexity index is 404. The number of nitrogens with one attached hydrogen (secondary N) is 1. The van der Waals surface area contributed by atoms with Crippen LogP contribution in [0.15, 0.2) is 30.3 Å². The van der Waals surface area contributed by atoms with Gasteiger partial charge in [0.15, 0.2) is 0 Å². The van der Waals surface area contributed by atoms with Gasteiger partial charge in [-0.3, -0.25) is 4.79 Å². The van der Waals surface area contributed by atoms with E-state index in [0.29, 0.717) is 24.4 Å². The van der Waals surface area contributed by atoms with Gasteiger partial charge in [-0.25, -0.2) is 0 Å². The Kier molecular flexibility index (Phi) is 2.85. The van der Waals surface area contributed by atoms with Crippen molar-refractivity contribution in [3.8, 4) is 0 Å². The average molecular weight is 230 g/mol. The summed E-state index contributed by atoms with van der Waals surface area (Å²) in [5, 5.41) is 3.54. The molecule has 0 radical (unpaired) electrons. The highest BCUT2D eigenvalue weighted by atomic mass is 16.2. The van der Waals surface area contributed by atoms with E-state index in [4.69, 9.17) is 0 Å². The molecule has 2 aliphatic heterocycles. The van der Waals surface area contributed by atoms with E-state index in [9.17, 15) is 4.79 Å². The van der Waals surface area contributed by atoms with E-state index in [2.05, 4.69) is 34.5 Å². The molecule has 1 N–H and O–H groups in total. The molecule has 2 saturated heterocycles. The number of benzene rings is 1. The number of fused-ring (bicyclic) bond motifs is 1. The average Bonchev–Trinajstić information content (AvgIpc) is 2.93. The standard InChI is InChI=1S/C14H18N2O/c17-14-9-12(13-7-4-8-16(13)14)15-10-11-5-2-1-3-6-11/h1-3,5-6,12-13,15H,4,7-10H2/t12-,13+/m1/s1. The van der Waals surface area contributed by atoms with Gasteiger partial charge in [0, 0.05) is 31.6 Å². The Hall–Kier alpha value is -1.35. The topological polar surface area (TPSA) is 32.3 Å². The Balaban J connectivity index is 1.61. The second kappa shape index (κ2) is 4.49. The lowest BCUT2D eigenvalue weighted by molar-refractivity contribution is -0.127. The Labute approximate surface area is 102 Å². The molecule has 2 fully saturated rings. The zero-order valence-electron chi connectivity index (χ0n) is 9.93. The van der Waals surface area contributed by atoms with Crippen LogP contribution in [0.25, 0.3) is 0 Å². The largest absolute Gasteiger partial charge is 0.338 e. The minimum Gasteiger partial charge on any atom is -0.338 e. The number of hydrogen-bond donors (Lipinski definition) is 1. The summed E-state index contributed by atoms with van der Waals surface area (Å²) in [6, 6.07) is 11.2. The predicted molar refractivity (Wildman–Crippen MR) is 66.4 cm³/mol. The van der Waals surface area contributed by atoms with E-state index >= 15 is 0 Å². The molecule has 0 saturated carbocycles. The van der Waals surface area contributed by atoms with Gasteiger partial charge in [-0.05, 0) is 18.4 Å². The lowest BCUT2D eigenvalue weighted by Gasteiger charge is -2.21. The first-order valence-electron chi connectivity index (χ1n) is 6.41. The zero-order chi connectivity index (χ0) is 11.7. The van der Waals surface area contributed by atoms with Crippen LogP contribution in [0, 0.1) is 0 Å². The molecule has 0 aliphatic carbocycles. The first kappa shape index (κ1) is 10.8. The second-order valence-electron chi connectivity index (χ2n) is 4.97. The van der Waals surface area contributed by atoms with Crippen LogP contribution in [0.4, 0.5) is 0 Å². The molecule has 0 bridgehead atoms. The van der Waals surface area contributed by atoms with Gasteiger partial charge in [0.2, 0.25) is 5.91 Å². The van der Waals surface area contributed by atoms with Gasteiger partial charge in [0.1, 0.15) is 0 Å². The lowest BCUT2D eigenvalue weighted by Crippen LogP contribution is -2.38. The predicted octanol–water partition coefficient (Wildman–Crippen LogP) is 1.54. The second-order valence-corrected chi connectivity index (χ2v) is 4.97. The first-order chi connectivity index (χ1) is 8.34. The molecular formula is C14H18N2O. The molecule has 2 heterocycles. The van der Waals surface area contributed by atoms with E-state index in [1.807, 2.05) is 6.07 Å². The van der Waals surface area contributed by atoms with Crippen LogP contribution in [0.2, 0.25) is 0 Å². The monoisotopic (exact) mass is 230 g/mol. The molecule has 1 aromatic carbocycles. The van der Waals surface area contributed by atoms with Crippen LogP contribution < -0.4 is 5.32 Å². The number of carbonyl (C=O) groups is 1. The SMILES string of the molecule is O=C1C[C@@H](NCc2ccccc2)[C@@H]2CCCN12. The summed E-state index contributed by atoms with van der Waals surface area (Å²) in [5.41, 5.74) is 1.29. The molecule has 3 nitrogen and oxygen atoms in total. The molecule has 0 spiro atoms. The van der Waals surface area contributed by atoms with Gasteiger partial charge in [0.25, 0.3) is 0 Å². The van der Waals surface area contributed by atoms with E-state index in [-0.39, 0.29) is 0 Å². The third-order valence-corrected chi connectivity index (χ3v) is 3.89. The highest BCUT2D eigenvalue weighted by Crippen LogP contribution is 2.29. The van der Waals surface area contributed by atoms with Gasteiger partial charge < -0.3 is 10.2 Å². The molecule has 1 amide bonds. The van der Waals surface area contributed by atoms with Gasteiger partial charge in [-0.1, -0.05) is 30.3 Å². The van der Waals surface area contributed by atoms with Crippen molar-refractivity contribution in [1.29, 1.82) is 0 Å². The molecule has 2 atom stereocenters. The minimum atomic E-state index is 0.332. The summed E-state index contributed by atoms with van der Waals surface area (Å²) < 4.78 is 0. The molecule has 0 aromatic heterocycles. The van der Waals surface area contributed by atoms with Crippen LogP contribution in [-0.4, -0.2) is 29.4 Å². The molecule has 0 unspecified atom stereocenters. The van der Waals surface area contributed by atoms with Crippen molar-refractivity contribution >= 4 is 5.91 Å². The fourth-order valence-corrected chi connectivity index (χ4v) is 3.01. The van der Waals surface area contributed by atoms with E-state index in [1.165, 1.54) is 12.0 Å². The molecular weight excluding hydrogens is 212 g/mol. The van der Waals surface area contributed by atoms with Crippen molar-refractivity contribution in [3.05, 3.63) is 35.9 Å². The highest BCUT2D eigenvalue weighted by Gasteiger charge is 2.41. The van der Waals surface area contributed by atoms with E-state index < -0.39 is 0 Å².